The van der Waals surface area contributed by atoms with E-state index in [0.29, 0.717) is 13.0 Å². The van der Waals surface area contributed by atoms with Crippen LogP contribution in [-0.4, -0.2) is 17.5 Å². The summed E-state index contributed by atoms with van der Waals surface area (Å²) in [4.78, 5) is 5.49. The SMILES string of the molecule is ONC/C=C\c1cccc(C2=NOC(c3ccc(F)cc3)C2)c1. The maximum Gasteiger partial charge on any atom is 0.158 e. The second-order valence-electron chi connectivity index (χ2n) is 5.28. The van der Waals surface area contributed by atoms with Crippen molar-refractivity contribution in [1.82, 2.24) is 5.48 Å². The smallest absolute Gasteiger partial charge is 0.158 e. The Morgan fingerprint density at radius 3 is 2.87 bits per heavy atom. The van der Waals surface area contributed by atoms with Crippen LogP contribution >= 0.6 is 0 Å². The van der Waals surface area contributed by atoms with Gasteiger partial charge in [-0.3, -0.25) is 0 Å². The molecule has 2 aromatic carbocycles. The van der Waals surface area contributed by atoms with Crippen LogP contribution in [0.3, 0.4) is 0 Å². The highest BCUT2D eigenvalue weighted by Crippen LogP contribution is 2.29. The topological polar surface area (TPSA) is 53.8 Å². The molecule has 0 amide bonds. The molecule has 1 atom stereocenters. The van der Waals surface area contributed by atoms with E-state index in [0.717, 1.165) is 22.4 Å². The Morgan fingerprint density at radius 2 is 2.09 bits per heavy atom. The van der Waals surface area contributed by atoms with E-state index in [1.165, 1.54) is 12.1 Å². The molecule has 1 unspecified atom stereocenters. The Hall–Kier alpha value is -2.50. The highest BCUT2D eigenvalue weighted by atomic mass is 19.1. The summed E-state index contributed by atoms with van der Waals surface area (Å²) in [6.45, 7) is 0.390. The first kappa shape index (κ1) is 15.4. The van der Waals surface area contributed by atoms with Gasteiger partial charge in [-0.15, -0.1) is 0 Å². The van der Waals surface area contributed by atoms with Crippen LogP contribution in [0.4, 0.5) is 4.39 Å². The van der Waals surface area contributed by atoms with Crippen molar-refractivity contribution in [2.75, 3.05) is 6.54 Å². The van der Waals surface area contributed by atoms with Crippen molar-refractivity contribution < 1.29 is 14.4 Å². The molecular weight excluding hydrogens is 295 g/mol. The van der Waals surface area contributed by atoms with E-state index in [2.05, 4.69) is 10.6 Å². The van der Waals surface area contributed by atoms with Crippen molar-refractivity contribution in [2.24, 2.45) is 5.16 Å². The lowest BCUT2D eigenvalue weighted by Gasteiger charge is -2.08. The van der Waals surface area contributed by atoms with Crippen molar-refractivity contribution in [3.05, 3.63) is 77.1 Å². The van der Waals surface area contributed by atoms with Gasteiger partial charge in [0.15, 0.2) is 6.10 Å². The van der Waals surface area contributed by atoms with E-state index in [1.54, 1.807) is 12.1 Å². The van der Waals surface area contributed by atoms with Crippen LogP contribution in [0.2, 0.25) is 0 Å². The lowest BCUT2D eigenvalue weighted by atomic mass is 9.99. The third-order valence-electron chi connectivity index (χ3n) is 3.65. The predicted octanol–water partition coefficient (Wildman–Crippen LogP) is 3.68. The van der Waals surface area contributed by atoms with Crippen molar-refractivity contribution in [3.8, 4) is 0 Å². The molecule has 0 aliphatic carbocycles. The van der Waals surface area contributed by atoms with Crippen LogP contribution in [0.1, 0.15) is 29.2 Å². The van der Waals surface area contributed by atoms with Gasteiger partial charge in [-0.1, -0.05) is 47.6 Å². The van der Waals surface area contributed by atoms with Crippen molar-refractivity contribution in [1.29, 1.82) is 0 Å². The Labute approximate surface area is 133 Å². The van der Waals surface area contributed by atoms with Crippen molar-refractivity contribution in [3.63, 3.8) is 0 Å². The molecule has 1 aliphatic rings. The van der Waals surface area contributed by atoms with Gasteiger partial charge in [-0.2, -0.15) is 0 Å². The lowest BCUT2D eigenvalue weighted by molar-refractivity contribution is 0.0857. The van der Waals surface area contributed by atoms with E-state index in [9.17, 15) is 4.39 Å². The Bertz CT molecular complexity index is 726. The summed E-state index contributed by atoms with van der Waals surface area (Å²) < 4.78 is 13.0. The molecule has 23 heavy (non-hydrogen) atoms. The Kier molecular flexibility index (Phi) is 4.80. The van der Waals surface area contributed by atoms with E-state index >= 15 is 0 Å². The van der Waals surface area contributed by atoms with Crippen LogP contribution in [-0.2, 0) is 4.84 Å². The molecule has 0 saturated carbocycles. The molecule has 1 heterocycles. The van der Waals surface area contributed by atoms with Gasteiger partial charge in [-0.25, -0.2) is 9.87 Å². The first-order valence-corrected chi connectivity index (χ1v) is 7.38. The summed E-state index contributed by atoms with van der Waals surface area (Å²) in [5.74, 6) is -0.259. The fraction of sp³-hybridized carbons (Fsp3) is 0.167. The van der Waals surface area contributed by atoms with Crippen LogP contribution < -0.4 is 5.48 Å². The van der Waals surface area contributed by atoms with Crippen LogP contribution in [0.5, 0.6) is 0 Å². The van der Waals surface area contributed by atoms with E-state index in [4.69, 9.17) is 10.0 Å². The minimum Gasteiger partial charge on any atom is -0.387 e. The first-order valence-electron chi connectivity index (χ1n) is 7.38. The van der Waals surface area contributed by atoms with Gasteiger partial charge < -0.3 is 10.0 Å². The minimum absolute atomic E-state index is 0.177. The average molecular weight is 312 g/mol. The van der Waals surface area contributed by atoms with Crippen LogP contribution in [0.15, 0.2) is 59.8 Å². The highest BCUT2D eigenvalue weighted by Gasteiger charge is 2.23. The fourth-order valence-corrected chi connectivity index (χ4v) is 2.47. The number of hydrogen-bond acceptors (Lipinski definition) is 4. The molecule has 1 aliphatic heterocycles. The molecule has 0 bridgehead atoms. The summed E-state index contributed by atoms with van der Waals surface area (Å²) >= 11 is 0. The van der Waals surface area contributed by atoms with Crippen LogP contribution in [0, 0.1) is 5.82 Å². The largest absolute Gasteiger partial charge is 0.387 e. The van der Waals surface area contributed by atoms with Gasteiger partial charge in [0.1, 0.15) is 5.82 Å². The molecule has 5 heteroatoms. The predicted molar refractivity (Wildman–Crippen MR) is 86.6 cm³/mol. The first-order chi connectivity index (χ1) is 11.3. The van der Waals surface area contributed by atoms with E-state index in [1.807, 2.05) is 36.4 Å². The number of oxime groups is 1. The zero-order valence-corrected chi connectivity index (χ0v) is 12.4. The maximum absolute atomic E-state index is 13.0. The monoisotopic (exact) mass is 312 g/mol. The molecular formula is C18H17FN2O2. The van der Waals surface area contributed by atoms with Gasteiger partial charge in [0.2, 0.25) is 0 Å². The van der Waals surface area contributed by atoms with Gasteiger partial charge in [0.25, 0.3) is 0 Å². The van der Waals surface area contributed by atoms with Gasteiger partial charge in [0, 0.05) is 18.5 Å². The molecule has 3 rings (SSSR count). The molecule has 2 aromatic rings. The second kappa shape index (κ2) is 7.17. The number of hydroxylamine groups is 1. The molecule has 4 nitrogen and oxygen atoms in total. The van der Waals surface area contributed by atoms with Gasteiger partial charge >= 0.3 is 0 Å². The van der Waals surface area contributed by atoms with Crippen molar-refractivity contribution >= 4 is 11.8 Å². The van der Waals surface area contributed by atoms with Gasteiger partial charge in [0.05, 0.1) is 5.71 Å². The zero-order valence-electron chi connectivity index (χ0n) is 12.4. The fourth-order valence-electron chi connectivity index (χ4n) is 2.47. The van der Waals surface area contributed by atoms with Gasteiger partial charge in [-0.05, 0) is 29.3 Å². The number of nitrogens with one attached hydrogen (secondary N) is 1. The molecule has 0 aromatic heterocycles. The molecule has 0 radical (unpaired) electrons. The summed E-state index contributed by atoms with van der Waals surface area (Å²) in [6, 6.07) is 14.2. The summed E-state index contributed by atoms with van der Waals surface area (Å²) in [7, 11) is 0. The number of benzene rings is 2. The number of rotatable bonds is 5. The zero-order chi connectivity index (χ0) is 16.1. The summed E-state index contributed by atoms with van der Waals surface area (Å²) in [5, 5.41) is 12.7. The number of halogens is 1. The maximum atomic E-state index is 13.0. The molecule has 0 fully saturated rings. The third kappa shape index (κ3) is 3.83. The molecule has 2 N–H and O–H groups in total. The third-order valence-corrected chi connectivity index (χ3v) is 3.65. The Balaban J connectivity index is 1.71. The lowest BCUT2D eigenvalue weighted by Crippen LogP contribution is -2.05. The standard InChI is InChI=1S/C18H17FN2O2/c19-16-8-6-14(7-9-16)18-12-17(21-23-18)15-5-1-3-13(11-15)4-2-10-20-22/h1-9,11,18,20,22H,10,12H2/b4-2-. The molecule has 0 saturated heterocycles. The quantitative estimate of drug-likeness (QED) is 0.828. The van der Waals surface area contributed by atoms with E-state index in [-0.39, 0.29) is 11.9 Å². The summed E-state index contributed by atoms with van der Waals surface area (Å²) in [5.41, 5.74) is 5.87. The van der Waals surface area contributed by atoms with Crippen LogP contribution in [0.25, 0.3) is 6.08 Å². The van der Waals surface area contributed by atoms with Crippen molar-refractivity contribution in [2.45, 2.75) is 12.5 Å². The number of hydrogen-bond donors (Lipinski definition) is 2. The second-order valence-corrected chi connectivity index (χ2v) is 5.28. The van der Waals surface area contributed by atoms with E-state index < -0.39 is 0 Å². The molecule has 118 valence electrons. The minimum atomic E-state index is -0.259. The molecule has 0 spiro atoms. The number of nitrogens with zero attached hydrogens (tertiary/aromatic N) is 1. The summed E-state index contributed by atoms with van der Waals surface area (Å²) in [6.07, 6.45) is 4.22. The average Bonchev–Trinajstić information content (AvgIpc) is 3.06. The normalized spacial score (nSPS) is 17.3. The highest BCUT2D eigenvalue weighted by molar-refractivity contribution is 6.01. The Morgan fingerprint density at radius 1 is 1.26 bits per heavy atom.